The Bertz CT molecular complexity index is 1080. The van der Waals surface area contributed by atoms with Crippen LogP contribution in [-0.4, -0.2) is 53.6 Å². The van der Waals surface area contributed by atoms with Crippen LogP contribution < -0.4 is 10.1 Å². The van der Waals surface area contributed by atoms with Gasteiger partial charge in [0.25, 0.3) is 5.91 Å². The molecule has 2 aromatic rings. The van der Waals surface area contributed by atoms with Crippen LogP contribution in [0.5, 0.6) is 5.75 Å². The zero-order chi connectivity index (χ0) is 25.8. The molecule has 0 bridgehead atoms. The molecule has 0 aliphatic carbocycles. The second kappa shape index (κ2) is 10.8. The van der Waals surface area contributed by atoms with E-state index in [9.17, 15) is 14.0 Å². The Labute approximate surface area is 206 Å². The van der Waals surface area contributed by atoms with Crippen LogP contribution in [-0.2, 0) is 4.74 Å². The SMILES string of the molecule is CNC(=O)c1ccc(OC(CN2C=CN(C(=O)OC(C)(C)C)[C@H](C)C2)c2ccc(C)c(F)c2)cc1. The fourth-order valence-corrected chi connectivity index (χ4v) is 3.72. The highest BCUT2D eigenvalue weighted by Gasteiger charge is 2.29. The fourth-order valence-electron chi connectivity index (χ4n) is 3.72. The first-order valence-corrected chi connectivity index (χ1v) is 11.7. The quantitative estimate of drug-likeness (QED) is 0.624. The molecule has 2 aromatic carbocycles. The summed E-state index contributed by atoms with van der Waals surface area (Å²) in [6.07, 6.45) is 2.64. The Morgan fingerprint density at radius 2 is 1.83 bits per heavy atom. The van der Waals surface area contributed by atoms with E-state index in [1.165, 1.54) is 6.07 Å². The van der Waals surface area contributed by atoms with Gasteiger partial charge in [0, 0.05) is 31.6 Å². The Morgan fingerprint density at radius 1 is 1.14 bits per heavy atom. The summed E-state index contributed by atoms with van der Waals surface area (Å²) in [6, 6.07) is 11.8. The average molecular weight is 484 g/mol. The van der Waals surface area contributed by atoms with Crippen LogP contribution in [0.1, 0.15) is 55.3 Å². The zero-order valence-corrected chi connectivity index (χ0v) is 21.2. The first-order chi connectivity index (χ1) is 16.5. The second-order valence-electron chi connectivity index (χ2n) is 9.71. The summed E-state index contributed by atoms with van der Waals surface area (Å²) >= 11 is 0. The van der Waals surface area contributed by atoms with Gasteiger partial charge < -0.3 is 19.7 Å². The summed E-state index contributed by atoms with van der Waals surface area (Å²) in [5.41, 5.74) is 1.19. The van der Waals surface area contributed by atoms with Crippen molar-refractivity contribution in [2.75, 3.05) is 20.1 Å². The average Bonchev–Trinajstić information content (AvgIpc) is 2.79. The first kappa shape index (κ1) is 26.1. The van der Waals surface area contributed by atoms with Crippen LogP contribution in [0.2, 0.25) is 0 Å². The van der Waals surface area contributed by atoms with Gasteiger partial charge in [-0.2, -0.15) is 0 Å². The summed E-state index contributed by atoms with van der Waals surface area (Å²) in [6.45, 7) is 10.1. The number of benzene rings is 2. The highest BCUT2D eigenvalue weighted by molar-refractivity contribution is 5.94. The third kappa shape index (κ3) is 6.97. The van der Waals surface area contributed by atoms with E-state index in [0.717, 1.165) is 0 Å². The summed E-state index contributed by atoms with van der Waals surface area (Å²) in [5, 5.41) is 2.59. The number of nitrogens with one attached hydrogen (secondary N) is 1. The minimum atomic E-state index is -0.580. The van der Waals surface area contributed by atoms with Crippen molar-refractivity contribution in [2.45, 2.75) is 52.4 Å². The lowest BCUT2D eigenvalue weighted by Crippen LogP contribution is -2.47. The summed E-state index contributed by atoms with van der Waals surface area (Å²) in [4.78, 5) is 28.0. The largest absolute Gasteiger partial charge is 0.484 e. The summed E-state index contributed by atoms with van der Waals surface area (Å²) < 4.78 is 26.1. The third-order valence-corrected chi connectivity index (χ3v) is 5.61. The van der Waals surface area contributed by atoms with Gasteiger partial charge in [-0.1, -0.05) is 12.1 Å². The Hall–Kier alpha value is -3.55. The number of amides is 2. The maximum atomic E-state index is 14.4. The number of hydrogen-bond acceptors (Lipinski definition) is 5. The number of ether oxygens (including phenoxy) is 2. The molecule has 7 nitrogen and oxygen atoms in total. The lowest BCUT2D eigenvalue weighted by molar-refractivity contribution is 0.0222. The summed E-state index contributed by atoms with van der Waals surface area (Å²) in [5.74, 6) is 0.0773. The van der Waals surface area contributed by atoms with Gasteiger partial charge in [0.1, 0.15) is 23.3 Å². The van der Waals surface area contributed by atoms with Gasteiger partial charge in [-0.3, -0.25) is 9.69 Å². The normalized spacial score (nSPS) is 16.6. The second-order valence-corrected chi connectivity index (χ2v) is 9.71. The van der Waals surface area contributed by atoms with Gasteiger partial charge in [-0.05, 0) is 76.1 Å². The van der Waals surface area contributed by atoms with E-state index >= 15 is 0 Å². The van der Waals surface area contributed by atoms with Crippen LogP contribution in [0.4, 0.5) is 9.18 Å². The number of halogens is 1. The molecule has 0 saturated heterocycles. The van der Waals surface area contributed by atoms with Crippen molar-refractivity contribution in [1.29, 1.82) is 0 Å². The Kier molecular flexibility index (Phi) is 8.04. The predicted molar refractivity (Wildman–Crippen MR) is 133 cm³/mol. The minimum absolute atomic E-state index is 0.128. The van der Waals surface area contributed by atoms with Gasteiger partial charge in [0.15, 0.2) is 0 Å². The molecule has 0 saturated carbocycles. The molecule has 1 N–H and O–H groups in total. The van der Waals surface area contributed by atoms with Gasteiger partial charge in [-0.25, -0.2) is 9.18 Å². The van der Waals surface area contributed by atoms with Crippen LogP contribution in [0, 0.1) is 12.7 Å². The number of hydrogen-bond donors (Lipinski definition) is 1. The van der Waals surface area contributed by atoms with Crippen LogP contribution >= 0.6 is 0 Å². The van der Waals surface area contributed by atoms with E-state index in [1.807, 2.05) is 44.9 Å². The van der Waals surface area contributed by atoms with E-state index in [2.05, 4.69) is 5.32 Å². The molecular weight excluding hydrogens is 449 g/mol. The van der Waals surface area contributed by atoms with Crippen LogP contribution in [0.15, 0.2) is 54.9 Å². The van der Waals surface area contributed by atoms with Crippen molar-refractivity contribution < 1.29 is 23.5 Å². The number of aryl methyl sites for hydroxylation is 1. The molecule has 0 fully saturated rings. The monoisotopic (exact) mass is 483 g/mol. The lowest BCUT2D eigenvalue weighted by atomic mass is 10.1. The molecule has 1 unspecified atom stereocenters. The molecule has 35 heavy (non-hydrogen) atoms. The van der Waals surface area contributed by atoms with E-state index < -0.39 is 17.8 Å². The first-order valence-electron chi connectivity index (χ1n) is 11.7. The van der Waals surface area contributed by atoms with Crippen molar-refractivity contribution in [3.05, 3.63) is 77.4 Å². The molecular formula is C27H34FN3O4. The number of carbonyl (C=O) groups excluding carboxylic acids is 2. The lowest BCUT2D eigenvalue weighted by Gasteiger charge is -2.37. The van der Waals surface area contributed by atoms with Gasteiger partial charge in [0.05, 0.1) is 12.6 Å². The van der Waals surface area contributed by atoms with Crippen LogP contribution in [0.3, 0.4) is 0 Å². The Morgan fingerprint density at radius 3 is 2.40 bits per heavy atom. The topological polar surface area (TPSA) is 71.1 Å². The number of nitrogens with zero attached hydrogens (tertiary/aromatic N) is 2. The fraction of sp³-hybridized carbons (Fsp3) is 0.407. The maximum absolute atomic E-state index is 14.4. The number of carbonyl (C=O) groups is 2. The van der Waals surface area contributed by atoms with E-state index in [0.29, 0.717) is 35.5 Å². The predicted octanol–water partition coefficient (Wildman–Crippen LogP) is 5.03. The highest BCUT2D eigenvalue weighted by Crippen LogP contribution is 2.27. The molecule has 188 valence electrons. The molecule has 2 atom stereocenters. The maximum Gasteiger partial charge on any atom is 0.414 e. The van der Waals surface area contributed by atoms with Crippen molar-refractivity contribution in [1.82, 2.24) is 15.1 Å². The van der Waals surface area contributed by atoms with Gasteiger partial charge >= 0.3 is 6.09 Å². The molecule has 2 amide bonds. The van der Waals surface area contributed by atoms with E-state index in [4.69, 9.17) is 9.47 Å². The molecule has 8 heteroatoms. The molecule has 0 aromatic heterocycles. The van der Waals surface area contributed by atoms with Crippen molar-refractivity contribution in [3.63, 3.8) is 0 Å². The molecule has 0 spiro atoms. The number of rotatable bonds is 6. The highest BCUT2D eigenvalue weighted by atomic mass is 19.1. The molecule has 1 heterocycles. The molecule has 1 aliphatic rings. The Balaban J connectivity index is 1.80. The van der Waals surface area contributed by atoms with E-state index in [-0.39, 0.29) is 17.8 Å². The smallest absolute Gasteiger partial charge is 0.414 e. The molecule has 3 rings (SSSR count). The van der Waals surface area contributed by atoms with Crippen molar-refractivity contribution >= 4 is 12.0 Å². The molecule has 1 aliphatic heterocycles. The summed E-state index contributed by atoms with van der Waals surface area (Å²) in [7, 11) is 1.58. The molecule has 0 radical (unpaired) electrons. The van der Waals surface area contributed by atoms with Gasteiger partial charge in [-0.15, -0.1) is 0 Å². The van der Waals surface area contributed by atoms with E-state index in [1.54, 1.807) is 55.4 Å². The minimum Gasteiger partial charge on any atom is -0.484 e. The van der Waals surface area contributed by atoms with Gasteiger partial charge in [0.2, 0.25) is 0 Å². The van der Waals surface area contributed by atoms with Crippen molar-refractivity contribution in [2.24, 2.45) is 0 Å². The van der Waals surface area contributed by atoms with Crippen LogP contribution in [0.25, 0.3) is 0 Å². The van der Waals surface area contributed by atoms with Crippen molar-refractivity contribution in [3.8, 4) is 5.75 Å². The standard InChI is InChI=1S/C27H34FN3O4/c1-18-7-8-21(15-23(18)28)24(34-22-11-9-20(10-12-22)25(32)29-6)17-30-13-14-31(19(2)16-30)26(33)35-27(3,4)5/h7-15,19,24H,16-17H2,1-6H3,(H,29,32)/t19-,24?/m1/s1. The zero-order valence-electron chi connectivity index (χ0n) is 21.2. The third-order valence-electron chi connectivity index (χ3n) is 5.61.